The first-order valence-corrected chi connectivity index (χ1v) is 15.1. The van der Waals surface area contributed by atoms with Crippen LogP contribution in [-0.4, -0.2) is 58.6 Å². The molecule has 2 fully saturated rings. The van der Waals surface area contributed by atoms with Gasteiger partial charge < -0.3 is 14.7 Å². The molecule has 2 aliphatic heterocycles. The summed E-state index contributed by atoms with van der Waals surface area (Å²) in [6.45, 7) is 10.9. The minimum absolute atomic E-state index is 0.00188. The van der Waals surface area contributed by atoms with Crippen LogP contribution in [0.4, 0.5) is 0 Å². The first-order chi connectivity index (χ1) is 17.8. The van der Waals surface area contributed by atoms with Crippen molar-refractivity contribution in [2.75, 3.05) is 19.6 Å². The molecule has 1 spiro atoms. The number of amides is 1. The summed E-state index contributed by atoms with van der Waals surface area (Å²) in [5.41, 5.74) is 2.13. The van der Waals surface area contributed by atoms with E-state index < -0.39 is 0 Å². The summed E-state index contributed by atoms with van der Waals surface area (Å²) in [4.78, 5) is 19.5. The van der Waals surface area contributed by atoms with Crippen LogP contribution in [-0.2, 0) is 16.6 Å². The van der Waals surface area contributed by atoms with E-state index in [1.807, 2.05) is 29.7 Å². The molecular formula is C30H35BrN2O3S. The number of carbonyl (C=O) groups is 1. The van der Waals surface area contributed by atoms with E-state index in [9.17, 15) is 9.90 Å². The molecule has 1 N–H and O–H groups in total. The molecule has 2 aromatic rings. The van der Waals surface area contributed by atoms with Crippen LogP contribution in [0.3, 0.4) is 0 Å². The van der Waals surface area contributed by atoms with Gasteiger partial charge in [0.1, 0.15) is 17.6 Å². The third-order valence-corrected chi connectivity index (χ3v) is 10.7. The number of nitrogens with zero attached hydrogens (tertiary/aromatic N) is 2. The minimum Gasteiger partial charge on any atom is -0.508 e. The van der Waals surface area contributed by atoms with Crippen molar-refractivity contribution in [3.05, 3.63) is 62.8 Å². The average Bonchev–Trinajstić information content (AvgIpc) is 3.44. The Morgan fingerprint density at radius 3 is 2.97 bits per heavy atom. The highest BCUT2D eigenvalue weighted by molar-refractivity contribution is 9.10. The van der Waals surface area contributed by atoms with E-state index in [0.717, 1.165) is 59.4 Å². The molecule has 7 heteroatoms. The Balaban J connectivity index is 1.39. The van der Waals surface area contributed by atoms with Gasteiger partial charge >= 0.3 is 0 Å². The van der Waals surface area contributed by atoms with E-state index in [-0.39, 0.29) is 23.5 Å². The van der Waals surface area contributed by atoms with Crippen molar-refractivity contribution in [1.82, 2.24) is 9.80 Å². The molecule has 1 aromatic carbocycles. The second-order valence-electron chi connectivity index (χ2n) is 11.5. The Morgan fingerprint density at radius 2 is 2.24 bits per heavy atom. The zero-order valence-corrected chi connectivity index (χ0v) is 23.9. The number of ether oxygens (including phenoxy) is 1. The van der Waals surface area contributed by atoms with Crippen LogP contribution in [0.25, 0.3) is 6.08 Å². The third-order valence-electron chi connectivity index (χ3n) is 9.01. The molecule has 37 heavy (non-hydrogen) atoms. The predicted octanol–water partition coefficient (Wildman–Crippen LogP) is 6.01. The van der Waals surface area contributed by atoms with Gasteiger partial charge in [-0.3, -0.25) is 9.69 Å². The van der Waals surface area contributed by atoms with Crippen LogP contribution in [0.2, 0.25) is 0 Å². The van der Waals surface area contributed by atoms with Gasteiger partial charge in [0.15, 0.2) is 0 Å². The summed E-state index contributed by atoms with van der Waals surface area (Å²) >= 11 is 5.13. The van der Waals surface area contributed by atoms with Crippen molar-refractivity contribution in [3.63, 3.8) is 0 Å². The number of aromatic hydroxyl groups is 1. The number of carbonyl (C=O) groups excluding carboxylic acids is 1. The Hall–Kier alpha value is -2.09. The van der Waals surface area contributed by atoms with Crippen molar-refractivity contribution >= 4 is 39.2 Å². The number of hydrogen-bond acceptors (Lipinski definition) is 5. The lowest BCUT2D eigenvalue weighted by Gasteiger charge is -2.60. The second kappa shape index (κ2) is 9.58. The number of likely N-dealkylation sites (tertiary alicyclic amines) is 1. The van der Waals surface area contributed by atoms with Gasteiger partial charge in [-0.05, 0) is 84.3 Å². The average molecular weight is 584 g/mol. The Bertz CT molecular complexity index is 1260. The first kappa shape index (κ1) is 25.2. The monoisotopic (exact) mass is 582 g/mol. The summed E-state index contributed by atoms with van der Waals surface area (Å²) in [6.07, 6.45) is 9.39. The van der Waals surface area contributed by atoms with Crippen molar-refractivity contribution in [2.45, 2.75) is 63.1 Å². The molecule has 1 aromatic heterocycles. The van der Waals surface area contributed by atoms with Crippen LogP contribution in [0.5, 0.6) is 11.5 Å². The minimum atomic E-state index is -0.162. The van der Waals surface area contributed by atoms with E-state index in [1.165, 1.54) is 5.56 Å². The highest BCUT2D eigenvalue weighted by atomic mass is 79.9. The second-order valence-corrected chi connectivity index (χ2v) is 13.3. The van der Waals surface area contributed by atoms with Crippen LogP contribution in [0, 0.1) is 11.8 Å². The molecular weight excluding hydrogens is 548 g/mol. The lowest BCUT2D eigenvalue weighted by molar-refractivity contribution is -0.138. The van der Waals surface area contributed by atoms with E-state index in [0.29, 0.717) is 30.2 Å². The van der Waals surface area contributed by atoms with Crippen molar-refractivity contribution < 1.29 is 14.6 Å². The highest BCUT2D eigenvalue weighted by Gasteiger charge is 2.66. The normalized spacial score (nSPS) is 29.8. The largest absolute Gasteiger partial charge is 0.508 e. The molecule has 2 aliphatic carbocycles. The zero-order chi connectivity index (χ0) is 25.9. The van der Waals surface area contributed by atoms with Crippen LogP contribution in [0.1, 0.15) is 49.1 Å². The number of thiophene rings is 1. The number of piperidine rings is 1. The summed E-state index contributed by atoms with van der Waals surface area (Å²) < 4.78 is 7.88. The van der Waals surface area contributed by atoms with Gasteiger partial charge in [0.05, 0.1) is 6.04 Å². The van der Waals surface area contributed by atoms with Gasteiger partial charge in [-0.25, -0.2) is 0 Å². The Morgan fingerprint density at radius 1 is 1.41 bits per heavy atom. The fourth-order valence-electron chi connectivity index (χ4n) is 7.77. The summed E-state index contributed by atoms with van der Waals surface area (Å²) in [5.74, 6) is 2.15. The van der Waals surface area contributed by atoms with Crippen LogP contribution < -0.4 is 4.74 Å². The Kier molecular flexibility index (Phi) is 6.53. The van der Waals surface area contributed by atoms with E-state index in [2.05, 4.69) is 46.2 Å². The molecule has 3 heterocycles. The molecule has 0 unspecified atom stereocenters. The van der Waals surface area contributed by atoms with Crippen molar-refractivity contribution in [2.24, 2.45) is 11.8 Å². The molecule has 4 aliphatic rings. The SMILES string of the molecule is C=CCN1CC[C@@]23c4c5ccc(O)c4C[C@@H]1[C@@H]2CC[C@@H](N(CC(C)C)C(=O)/C=C/c1cc(Br)cs1)[C@@H]3O5. The maximum Gasteiger partial charge on any atom is 0.246 e. The van der Waals surface area contributed by atoms with Crippen LogP contribution >= 0.6 is 27.3 Å². The number of halogens is 1. The molecule has 5 atom stereocenters. The van der Waals surface area contributed by atoms with Gasteiger partial charge in [-0.15, -0.1) is 17.9 Å². The van der Waals surface area contributed by atoms with E-state index in [4.69, 9.17) is 4.74 Å². The molecule has 1 saturated heterocycles. The maximum atomic E-state index is 13.8. The van der Waals surface area contributed by atoms with E-state index >= 15 is 0 Å². The number of rotatable bonds is 7. The van der Waals surface area contributed by atoms with Crippen molar-refractivity contribution in [3.8, 4) is 11.5 Å². The molecule has 0 radical (unpaired) electrons. The molecule has 1 amide bonds. The Labute approximate surface area is 231 Å². The van der Waals surface area contributed by atoms with Gasteiger partial charge in [0, 0.05) is 56.5 Å². The third kappa shape index (κ3) is 4.00. The smallest absolute Gasteiger partial charge is 0.246 e. The van der Waals surface area contributed by atoms with Gasteiger partial charge in [-0.1, -0.05) is 19.9 Å². The number of benzene rings is 1. The molecule has 1 saturated carbocycles. The van der Waals surface area contributed by atoms with Gasteiger partial charge in [0.25, 0.3) is 0 Å². The fourth-order valence-corrected chi connectivity index (χ4v) is 9.11. The van der Waals surface area contributed by atoms with Gasteiger partial charge in [0.2, 0.25) is 5.91 Å². The van der Waals surface area contributed by atoms with E-state index in [1.54, 1.807) is 23.5 Å². The number of phenolic OH excluding ortho intramolecular Hbond substituents is 1. The van der Waals surface area contributed by atoms with Gasteiger partial charge in [-0.2, -0.15) is 0 Å². The summed E-state index contributed by atoms with van der Waals surface area (Å²) in [6, 6.07) is 6.14. The summed E-state index contributed by atoms with van der Waals surface area (Å²) in [7, 11) is 0. The fraction of sp³-hybridized carbons (Fsp3) is 0.500. The zero-order valence-electron chi connectivity index (χ0n) is 21.5. The van der Waals surface area contributed by atoms with Crippen LogP contribution in [0.15, 0.2) is 46.8 Å². The lowest BCUT2D eigenvalue weighted by atomic mass is 9.51. The number of phenols is 1. The van der Waals surface area contributed by atoms with Crippen molar-refractivity contribution in [1.29, 1.82) is 0 Å². The predicted molar refractivity (Wildman–Crippen MR) is 152 cm³/mol. The molecule has 2 bridgehead atoms. The molecule has 5 nitrogen and oxygen atoms in total. The summed E-state index contributed by atoms with van der Waals surface area (Å²) in [5, 5.41) is 13.0. The topological polar surface area (TPSA) is 53.0 Å². The maximum absolute atomic E-state index is 13.8. The quantitative estimate of drug-likeness (QED) is 0.321. The number of hydrogen-bond donors (Lipinski definition) is 1. The molecule has 196 valence electrons. The molecule has 6 rings (SSSR count). The first-order valence-electron chi connectivity index (χ1n) is 13.4. The standard InChI is InChI=1S/C30H35BrN2O3S/c1-4-12-32-13-11-30-22-6-7-23(29(30)36-26-9-8-25(34)21(28(26)30)15-24(22)32)33(16-18(2)3)27(35)10-5-20-14-19(31)17-37-20/h4-5,8-10,14,17-18,22-24,29,34H,1,6-7,11-13,15-16H2,2-3H3/b10-5+/t22-,23+,24+,29-,30-/m0/s1. The lowest BCUT2D eigenvalue weighted by Crippen LogP contribution is -2.69. The highest BCUT2D eigenvalue weighted by Crippen LogP contribution is 2.63.